The molecule has 1 amide bonds. The van der Waals surface area contributed by atoms with Gasteiger partial charge in [-0.1, -0.05) is 6.07 Å². The minimum absolute atomic E-state index is 0.0187. The molecular weight excluding hydrogens is 368 g/mol. The molecule has 1 N–H and O–H groups in total. The van der Waals surface area contributed by atoms with Gasteiger partial charge in [0.05, 0.1) is 25.5 Å². The second kappa shape index (κ2) is 10.8. The average Bonchev–Trinajstić information content (AvgIpc) is 2.72. The van der Waals surface area contributed by atoms with Crippen LogP contribution in [0.1, 0.15) is 19.5 Å². The highest BCUT2D eigenvalue weighted by Crippen LogP contribution is 2.30. The molecule has 1 aromatic heterocycles. The molecule has 29 heavy (non-hydrogen) atoms. The second-order valence-corrected chi connectivity index (χ2v) is 6.95. The molecule has 1 aliphatic rings. The molecule has 0 spiro atoms. The minimum Gasteiger partial charge on any atom is -0.490 e. The lowest BCUT2D eigenvalue weighted by atomic mass is 10.2. The number of amides is 1. The molecule has 0 saturated carbocycles. The van der Waals surface area contributed by atoms with Crippen LogP contribution in [0, 0.1) is 0 Å². The minimum atomic E-state index is -0.0187. The number of nitrogens with zero attached hydrogens (tertiary/aromatic N) is 3. The number of piperazine rings is 1. The van der Waals surface area contributed by atoms with E-state index in [1.54, 1.807) is 0 Å². The first kappa shape index (κ1) is 21.1. The van der Waals surface area contributed by atoms with Crippen molar-refractivity contribution in [2.75, 3.05) is 51.3 Å². The van der Waals surface area contributed by atoms with Gasteiger partial charge in [0.15, 0.2) is 11.5 Å². The number of aromatic nitrogens is 1. The predicted molar refractivity (Wildman–Crippen MR) is 113 cm³/mol. The van der Waals surface area contributed by atoms with Gasteiger partial charge < -0.3 is 14.8 Å². The maximum absolute atomic E-state index is 12.5. The Kier molecular flexibility index (Phi) is 7.84. The van der Waals surface area contributed by atoms with Crippen molar-refractivity contribution in [2.45, 2.75) is 20.4 Å². The fourth-order valence-electron chi connectivity index (χ4n) is 3.36. The molecule has 1 saturated heterocycles. The van der Waals surface area contributed by atoms with Gasteiger partial charge in [0.25, 0.3) is 0 Å². The third-order valence-electron chi connectivity index (χ3n) is 4.77. The van der Waals surface area contributed by atoms with E-state index in [4.69, 9.17) is 9.47 Å². The van der Waals surface area contributed by atoms with Crippen molar-refractivity contribution in [1.82, 2.24) is 14.8 Å². The molecule has 3 rings (SSSR count). The Labute approximate surface area is 172 Å². The fraction of sp³-hybridized carbons (Fsp3) is 0.455. The summed E-state index contributed by atoms with van der Waals surface area (Å²) in [7, 11) is 0. The number of carbonyl (C=O) groups excluding carboxylic acids is 1. The molecule has 2 heterocycles. The summed E-state index contributed by atoms with van der Waals surface area (Å²) < 4.78 is 11.2. The molecular formula is C22H30N4O3. The van der Waals surface area contributed by atoms with Gasteiger partial charge >= 0.3 is 0 Å². The Hall–Kier alpha value is -2.64. The van der Waals surface area contributed by atoms with Gasteiger partial charge in [0.2, 0.25) is 5.91 Å². The Morgan fingerprint density at radius 3 is 2.41 bits per heavy atom. The van der Waals surface area contributed by atoms with Crippen molar-refractivity contribution in [3.63, 3.8) is 0 Å². The quantitative estimate of drug-likeness (QED) is 0.701. The van der Waals surface area contributed by atoms with E-state index >= 15 is 0 Å². The number of ether oxygens (including phenoxy) is 2. The number of anilines is 1. The van der Waals surface area contributed by atoms with Gasteiger partial charge in [-0.25, -0.2) is 0 Å². The van der Waals surface area contributed by atoms with Crippen LogP contribution in [0.15, 0.2) is 42.6 Å². The van der Waals surface area contributed by atoms with Crippen LogP contribution in [0.4, 0.5) is 5.69 Å². The van der Waals surface area contributed by atoms with Crippen molar-refractivity contribution in [2.24, 2.45) is 0 Å². The molecule has 0 bridgehead atoms. The van der Waals surface area contributed by atoms with Crippen LogP contribution in [0.25, 0.3) is 0 Å². The van der Waals surface area contributed by atoms with E-state index in [0.29, 0.717) is 31.3 Å². The number of nitrogens with one attached hydrogen (secondary N) is 1. The number of pyridine rings is 1. The van der Waals surface area contributed by atoms with E-state index in [1.165, 1.54) is 0 Å². The summed E-state index contributed by atoms with van der Waals surface area (Å²) in [5.41, 5.74) is 1.80. The summed E-state index contributed by atoms with van der Waals surface area (Å²) in [5.74, 6) is 1.32. The van der Waals surface area contributed by atoms with Gasteiger partial charge in [0, 0.05) is 50.7 Å². The van der Waals surface area contributed by atoms with Crippen molar-refractivity contribution < 1.29 is 14.3 Å². The van der Waals surface area contributed by atoms with Crippen molar-refractivity contribution in [1.29, 1.82) is 0 Å². The molecule has 7 nitrogen and oxygen atoms in total. The van der Waals surface area contributed by atoms with E-state index in [2.05, 4.69) is 20.1 Å². The molecule has 7 heteroatoms. The van der Waals surface area contributed by atoms with E-state index in [9.17, 15) is 4.79 Å². The van der Waals surface area contributed by atoms with Gasteiger partial charge in [-0.2, -0.15) is 0 Å². The molecule has 0 aliphatic carbocycles. The monoisotopic (exact) mass is 398 g/mol. The summed E-state index contributed by atoms with van der Waals surface area (Å²) in [6.07, 6.45) is 1.83. The highest BCUT2D eigenvalue weighted by Gasteiger charge is 2.19. The summed E-state index contributed by atoms with van der Waals surface area (Å²) >= 11 is 0. The largest absolute Gasteiger partial charge is 0.490 e. The average molecular weight is 399 g/mol. The Morgan fingerprint density at radius 1 is 1.00 bits per heavy atom. The first-order valence-corrected chi connectivity index (χ1v) is 10.2. The lowest BCUT2D eigenvalue weighted by Gasteiger charge is -2.34. The lowest BCUT2D eigenvalue weighted by Crippen LogP contribution is -2.48. The normalized spacial score (nSPS) is 15.1. The van der Waals surface area contributed by atoms with Crippen molar-refractivity contribution in [3.8, 4) is 11.5 Å². The van der Waals surface area contributed by atoms with Gasteiger partial charge in [-0.3, -0.25) is 19.6 Å². The van der Waals surface area contributed by atoms with E-state index < -0.39 is 0 Å². The number of benzene rings is 1. The SMILES string of the molecule is CCOc1ccc(NC(=O)CN2CCN(Cc3ccccn3)CC2)cc1OCC. The molecule has 0 atom stereocenters. The first-order chi connectivity index (χ1) is 14.2. The first-order valence-electron chi connectivity index (χ1n) is 10.2. The number of hydrogen-bond acceptors (Lipinski definition) is 6. The van der Waals surface area contributed by atoms with E-state index in [1.807, 2.05) is 56.4 Å². The molecule has 1 aliphatic heterocycles. The van der Waals surface area contributed by atoms with Gasteiger partial charge in [-0.15, -0.1) is 0 Å². The maximum atomic E-state index is 12.5. The summed E-state index contributed by atoms with van der Waals surface area (Å²) in [4.78, 5) is 21.4. The topological polar surface area (TPSA) is 66.9 Å². The third-order valence-corrected chi connectivity index (χ3v) is 4.77. The van der Waals surface area contributed by atoms with Crippen LogP contribution in [0.2, 0.25) is 0 Å². The van der Waals surface area contributed by atoms with Crippen LogP contribution in [0.5, 0.6) is 11.5 Å². The lowest BCUT2D eigenvalue weighted by molar-refractivity contribution is -0.117. The van der Waals surface area contributed by atoms with Crippen molar-refractivity contribution in [3.05, 3.63) is 48.3 Å². The molecule has 1 aromatic carbocycles. The zero-order valence-corrected chi connectivity index (χ0v) is 17.3. The third kappa shape index (κ3) is 6.44. The fourth-order valence-corrected chi connectivity index (χ4v) is 3.36. The summed E-state index contributed by atoms with van der Waals surface area (Å²) in [5, 5.41) is 2.97. The predicted octanol–water partition coefficient (Wildman–Crippen LogP) is 2.64. The molecule has 156 valence electrons. The molecule has 0 unspecified atom stereocenters. The van der Waals surface area contributed by atoms with Crippen molar-refractivity contribution >= 4 is 11.6 Å². The standard InChI is InChI=1S/C22H30N4O3/c1-3-28-20-9-8-18(15-21(20)29-4-2)24-22(27)17-26-13-11-25(12-14-26)16-19-7-5-6-10-23-19/h5-10,15H,3-4,11-14,16-17H2,1-2H3,(H,24,27). The van der Waals surface area contributed by atoms with Crippen LogP contribution in [0.3, 0.4) is 0 Å². The summed E-state index contributed by atoms with van der Waals surface area (Å²) in [6, 6.07) is 11.5. The van der Waals surface area contributed by atoms with Crippen LogP contribution in [-0.4, -0.2) is 66.6 Å². The van der Waals surface area contributed by atoms with Gasteiger partial charge in [0.1, 0.15) is 0 Å². The number of rotatable bonds is 9. The molecule has 2 aromatic rings. The number of hydrogen-bond donors (Lipinski definition) is 1. The van der Waals surface area contributed by atoms with Gasteiger partial charge in [-0.05, 0) is 38.1 Å². The van der Waals surface area contributed by atoms with Crippen LogP contribution in [-0.2, 0) is 11.3 Å². The van der Waals surface area contributed by atoms with Crippen LogP contribution >= 0.6 is 0 Å². The molecule has 1 fully saturated rings. The van der Waals surface area contributed by atoms with E-state index in [0.717, 1.165) is 44.1 Å². The van der Waals surface area contributed by atoms with Crippen LogP contribution < -0.4 is 14.8 Å². The summed E-state index contributed by atoms with van der Waals surface area (Å²) in [6.45, 7) is 9.81. The highest BCUT2D eigenvalue weighted by atomic mass is 16.5. The maximum Gasteiger partial charge on any atom is 0.238 e. The Morgan fingerprint density at radius 2 is 1.72 bits per heavy atom. The van der Waals surface area contributed by atoms with E-state index in [-0.39, 0.29) is 5.91 Å². The molecule has 0 radical (unpaired) electrons. The zero-order valence-electron chi connectivity index (χ0n) is 17.3. The zero-order chi connectivity index (χ0) is 20.5. The Balaban J connectivity index is 1.47. The second-order valence-electron chi connectivity index (χ2n) is 6.95. The number of carbonyl (C=O) groups is 1. The highest BCUT2D eigenvalue weighted by molar-refractivity contribution is 5.92. The Bertz CT molecular complexity index is 777. The smallest absolute Gasteiger partial charge is 0.238 e.